The number of aliphatic imine (C=N–C) groups is 1. The summed E-state index contributed by atoms with van der Waals surface area (Å²) in [5, 5.41) is 19.1. The van der Waals surface area contributed by atoms with Crippen LogP contribution in [0.5, 0.6) is 0 Å². The van der Waals surface area contributed by atoms with E-state index in [1.165, 1.54) is 6.20 Å². The van der Waals surface area contributed by atoms with E-state index in [0.717, 1.165) is 28.1 Å². The number of hydrogen-bond acceptors (Lipinski definition) is 5. The number of benzene rings is 2. The number of carbonyl (C=O) groups is 2. The van der Waals surface area contributed by atoms with Gasteiger partial charge in [0, 0.05) is 35.5 Å². The standard InChI is InChI=1S/C24H21N7O2/c1-14-7-22(31-30-14)25-13-20-19-10-16(5-6-21(19)29-24(20)33)8-15-3-2-4-18(9-15)28-23(32)17-11-26-27-12-17/h2-7,9-13,20H,8H2,1H3,(H,26,27)(H,28,32)(H,29,33)(H,30,31). The smallest absolute Gasteiger partial charge is 0.258 e. The van der Waals surface area contributed by atoms with Crippen LogP contribution in [0.3, 0.4) is 0 Å². The fourth-order valence-corrected chi connectivity index (χ4v) is 3.79. The van der Waals surface area contributed by atoms with Gasteiger partial charge in [0.2, 0.25) is 5.91 Å². The molecule has 0 saturated carbocycles. The lowest BCUT2D eigenvalue weighted by atomic mass is 9.96. The van der Waals surface area contributed by atoms with Crippen molar-refractivity contribution in [1.82, 2.24) is 20.4 Å². The van der Waals surface area contributed by atoms with Gasteiger partial charge in [0.1, 0.15) is 5.92 Å². The summed E-state index contributed by atoms with van der Waals surface area (Å²) in [6.45, 7) is 1.90. The summed E-state index contributed by atoms with van der Waals surface area (Å²) >= 11 is 0. The van der Waals surface area contributed by atoms with Gasteiger partial charge in [-0.2, -0.15) is 10.2 Å². The summed E-state index contributed by atoms with van der Waals surface area (Å²) < 4.78 is 0. The molecule has 33 heavy (non-hydrogen) atoms. The second-order valence-electron chi connectivity index (χ2n) is 7.89. The molecule has 2 aromatic heterocycles. The molecule has 4 aromatic rings. The molecule has 2 amide bonds. The Labute approximate surface area is 189 Å². The number of fused-ring (bicyclic) bond motifs is 1. The Morgan fingerprint density at radius 1 is 1.18 bits per heavy atom. The minimum absolute atomic E-state index is 0.109. The Morgan fingerprint density at radius 3 is 2.85 bits per heavy atom. The van der Waals surface area contributed by atoms with E-state index in [1.54, 1.807) is 12.4 Å². The predicted octanol–water partition coefficient (Wildman–Crippen LogP) is 3.72. The number of nitrogens with zero attached hydrogens (tertiary/aromatic N) is 3. The van der Waals surface area contributed by atoms with Crippen LogP contribution in [0, 0.1) is 6.92 Å². The zero-order chi connectivity index (χ0) is 22.8. The zero-order valence-electron chi connectivity index (χ0n) is 17.8. The van der Waals surface area contributed by atoms with Crippen LogP contribution < -0.4 is 10.6 Å². The van der Waals surface area contributed by atoms with Crippen LogP contribution in [0.1, 0.15) is 38.7 Å². The number of rotatable bonds is 6. The van der Waals surface area contributed by atoms with E-state index in [-0.39, 0.29) is 11.8 Å². The Balaban J connectivity index is 1.33. The van der Waals surface area contributed by atoms with Crippen molar-refractivity contribution in [3.05, 3.63) is 88.9 Å². The number of aromatic amines is 2. The number of carbonyl (C=O) groups excluding carboxylic acids is 2. The van der Waals surface area contributed by atoms with Gasteiger partial charge in [-0.3, -0.25) is 19.8 Å². The van der Waals surface area contributed by atoms with Crippen molar-refractivity contribution in [2.75, 3.05) is 10.6 Å². The van der Waals surface area contributed by atoms with Crippen molar-refractivity contribution in [2.45, 2.75) is 19.3 Å². The average molecular weight is 439 g/mol. The molecule has 0 radical (unpaired) electrons. The van der Waals surface area contributed by atoms with Gasteiger partial charge in [0.25, 0.3) is 5.91 Å². The van der Waals surface area contributed by atoms with E-state index >= 15 is 0 Å². The molecule has 0 fully saturated rings. The van der Waals surface area contributed by atoms with Crippen LogP contribution in [0.25, 0.3) is 0 Å². The molecule has 1 atom stereocenters. The third kappa shape index (κ3) is 4.42. The third-order valence-corrected chi connectivity index (χ3v) is 5.39. The fraction of sp³-hybridized carbons (Fsp3) is 0.125. The predicted molar refractivity (Wildman–Crippen MR) is 125 cm³/mol. The highest BCUT2D eigenvalue weighted by molar-refractivity contribution is 6.12. The van der Waals surface area contributed by atoms with E-state index in [4.69, 9.17) is 0 Å². The maximum Gasteiger partial charge on any atom is 0.258 e. The van der Waals surface area contributed by atoms with Gasteiger partial charge in [0.05, 0.1) is 11.8 Å². The lowest BCUT2D eigenvalue weighted by Gasteiger charge is -2.09. The molecule has 4 N–H and O–H groups in total. The molecule has 1 unspecified atom stereocenters. The number of hydrogen-bond donors (Lipinski definition) is 4. The highest BCUT2D eigenvalue weighted by atomic mass is 16.2. The minimum Gasteiger partial charge on any atom is -0.325 e. The Hall–Kier alpha value is -4.53. The highest BCUT2D eigenvalue weighted by Gasteiger charge is 2.29. The largest absolute Gasteiger partial charge is 0.325 e. The van der Waals surface area contributed by atoms with Crippen molar-refractivity contribution in [3.63, 3.8) is 0 Å². The van der Waals surface area contributed by atoms with Gasteiger partial charge in [-0.15, -0.1) is 0 Å². The summed E-state index contributed by atoms with van der Waals surface area (Å²) in [4.78, 5) is 29.1. The second-order valence-corrected chi connectivity index (χ2v) is 7.89. The first-order valence-electron chi connectivity index (χ1n) is 10.4. The van der Waals surface area contributed by atoms with Crippen LogP contribution in [0.4, 0.5) is 17.2 Å². The lowest BCUT2D eigenvalue weighted by molar-refractivity contribution is -0.115. The number of amides is 2. The Morgan fingerprint density at radius 2 is 2.06 bits per heavy atom. The summed E-state index contributed by atoms with van der Waals surface area (Å²) in [5.74, 6) is -0.268. The van der Waals surface area contributed by atoms with Gasteiger partial charge >= 0.3 is 0 Å². The molecule has 1 aliphatic rings. The summed E-state index contributed by atoms with van der Waals surface area (Å²) in [6, 6.07) is 15.4. The fourth-order valence-electron chi connectivity index (χ4n) is 3.79. The van der Waals surface area contributed by atoms with Crippen LogP contribution in [-0.2, 0) is 11.2 Å². The van der Waals surface area contributed by atoms with E-state index in [9.17, 15) is 9.59 Å². The Kier molecular flexibility index (Phi) is 5.27. The first-order chi connectivity index (χ1) is 16.0. The minimum atomic E-state index is -0.475. The number of aryl methyl sites for hydroxylation is 1. The summed E-state index contributed by atoms with van der Waals surface area (Å²) in [6.07, 6.45) is 5.31. The maximum atomic E-state index is 12.5. The van der Waals surface area contributed by atoms with Crippen LogP contribution in [0.2, 0.25) is 0 Å². The van der Waals surface area contributed by atoms with Crippen LogP contribution in [-0.4, -0.2) is 38.4 Å². The third-order valence-electron chi connectivity index (χ3n) is 5.39. The van der Waals surface area contributed by atoms with Crippen molar-refractivity contribution >= 4 is 35.2 Å². The van der Waals surface area contributed by atoms with Crippen molar-refractivity contribution < 1.29 is 9.59 Å². The lowest BCUT2D eigenvalue weighted by Crippen LogP contribution is -2.12. The monoisotopic (exact) mass is 439 g/mol. The number of H-pyrrole nitrogens is 2. The maximum absolute atomic E-state index is 12.5. The molecular weight excluding hydrogens is 418 g/mol. The number of nitrogens with one attached hydrogen (secondary N) is 4. The van der Waals surface area contributed by atoms with Crippen LogP contribution in [0.15, 0.2) is 65.9 Å². The van der Waals surface area contributed by atoms with E-state index < -0.39 is 5.92 Å². The van der Waals surface area contributed by atoms with Gasteiger partial charge in [-0.1, -0.05) is 24.3 Å². The summed E-state index contributed by atoms with van der Waals surface area (Å²) in [5.41, 5.74) is 5.85. The molecule has 0 aliphatic carbocycles. The molecule has 9 heteroatoms. The van der Waals surface area contributed by atoms with Crippen LogP contribution >= 0.6 is 0 Å². The van der Waals surface area contributed by atoms with Gasteiger partial charge in [-0.25, -0.2) is 4.99 Å². The Bertz CT molecular complexity index is 1350. The van der Waals surface area contributed by atoms with Crippen molar-refractivity contribution in [3.8, 4) is 0 Å². The van der Waals surface area contributed by atoms with E-state index in [0.29, 0.717) is 23.5 Å². The first-order valence-corrected chi connectivity index (χ1v) is 10.4. The molecule has 1 aliphatic heterocycles. The average Bonchev–Trinajstić information content (AvgIpc) is 3.53. The SMILES string of the molecule is Cc1cc(N=CC2C(=O)Nc3ccc(Cc4cccc(NC(=O)c5cn[nH]c5)c4)cc32)n[nH]1. The highest BCUT2D eigenvalue weighted by Crippen LogP contribution is 2.33. The van der Waals surface area contributed by atoms with Crippen molar-refractivity contribution in [2.24, 2.45) is 4.99 Å². The molecule has 5 rings (SSSR count). The van der Waals surface area contributed by atoms with Gasteiger partial charge in [0.15, 0.2) is 5.82 Å². The second kappa shape index (κ2) is 8.54. The number of anilines is 2. The quantitative estimate of drug-likeness (QED) is 0.341. The molecule has 9 nitrogen and oxygen atoms in total. The topological polar surface area (TPSA) is 128 Å². The van der Waals surface area contributed by atoms with Crippen molar-refractivity contribution in [1.29, 1.82) is 0 Å². The molecule has 0 saturated heterocycles. The van der Waals surface area contributed by atoms with E-state index in [2.05, 4.69) is 36.0 Å². The molecule has 3 heterocycles. The van der Waals surface area contributed by atoms with E-state index in [1.807, 2.05) is 55.5 Å². The molecular formula is C24H21N7O2. The zero-order valence-corrected chi connectivity index (χ0v) is 17.8. The number of aromatic nitrogens is 4. The van der Waals surface area contributed by atoms with Gasteiger partial charge < -0.3 is 10.6 Å². The first kappa shape index (κ1) is 20.4. The molecule has 0 spiro atoms. The summed E-state index contributed by atoms with van der Waals surface area (Å²) in [7, 11) is 0. The molecule has 0 bridgehead atoms. The van der Waals surface area contributed by atoms with Gasteiger partial charge in [-0.05, 0) is 48.2 Å². The molecule has 164 valence electrons. The molecule has 2 aromatic carbocycles. The normalized spacial score (nSPS) is 14.9.